The first-order chi connectivity index (χ1) is 13.0. The molecule has 0 unspecified atom stereocenters. The number of benzene rings is 2. The Kier molecular flexibility index (Phi) is 4.41. The minimum absolute atomic E-state index is 0.0513. The number of hydrogen-bond donors (Lipinski definition) is 1. The Balaban J connectivity index is 1.53. The molecule has 8 heteroatoms. The number of fused-ring (bicyclic) bond motifs is 2. The molecule has 1 N–H and O–H groups in total. The lowest BCUT2D eigenvalue weighted by atomic mass is 10.1. The summed E-state index contributed by atoms with van der Waals surface area (Å²) in [5.74, 6) is 0.514. The van der Waals surface area contributed by atoms with E-state index in [1.54, 1.807) is 16.7 Å². The molecule has 3 aromatic rings. The number of hydrogen-bond acceptors (Lipinski definition) is 6. The normalized spacial score (nSPS) is 12.3. The van der Waals surface area contributed by atoms with Crippen LogP contribution in [-0.4, -0.2) is 23.1 Å². The van der Waals surface area contributed by atoms with E-state index in [1.807, 2.05) is 24.3 Å². The number of aryl methyl sites for hydroxylation is 1. The van der Waals surface area contributed by atoms with Crippen molar-refractivity contribution in [3.05, 3.63) is 46.8 Å². The van der Waals surface area contributed by atoms with Gasteiger partial charge in [0.05, 0.1) is 11.2 Å². The highest BCUT2D eigenvalue weighted by Crippen LogP contribution is 2.40. The molecular weight excluding hydrogens is 368 g/mol. The highest BCUT2D eigenvalue weighted by atomic mass is 32.1. The van der Waals surface area contributed by atoms with Gasteiger partial charge in [0.1, 0.15) is 0 Å². The summed E-state index contributed by atoms with van der Waals surface area (Å²) >= 11 is 5.24. The molecule has 1 amide bonds. The van der Waals surface area contributed by atoms with Crippen molar-refractivity contribution in [2.24, 2.45) is 0 Å². The maximum Gasteiger partial charge on any atom is 0.269 e. The molecule has 2 heterocycles. The summed E-state index contributed by atoms with van der Waals surface area (Å²) in [7, 11) is 0. The third kappa shape index (κ3) is 3.31. The van der Waals surface area contributed by atoms with Crippen molar-refractivity contribution in [2.75, 3.05) is 12.1 Å². The van der Waals surface area contributed by atoms with Crippen LogP contribution in [-0.2, 0) is 11.3 Å². The molecule has 4 rings (SSSR count). The fourth-order valence-corrected chi connectivity index (χ4v) is 3.24. The summed E-state index contributed by atoms with van der Waals surface area (Å²) in [6.07, 6.45) is 0.178. The Bertz CT molecular complexity index is 1110. The van der Waals surface area contributed by atoms with Crippen LogP contribution in [0, 0.1) is 4.84 Å². The second-order valence-corrected chi connectivity index (χ2v) is 6.45. The van der Waals surface area contributed by atoms with Crippen LogP contribution in [0.2, 0.25) is 0 Å². The molecule has 0 fully saturated rings. The molecular formula is C19H16N2O5S. The van der Waals surface area contributed by atoms with E-state index in [4.69, 9.17) is 26.1 Å². The number of oxazole rings is 1. The van der Waals surface area contributed by atoms with Gasteiger partial charge in [0.25, 0.3) is 4.84 Å². The van der Waals surface area contributed by atoms with Gasteiger partial charge in [0.2, 0.25) is 12.7 Å². The van der Waals surface area contributed by atoms with Crippen molar-refractivity contribution >= 4 is 40.7 Å². The van der Waals surface area contributed by atoms with Gasteiger partial charge in [-0.1, -0.05) is 12.1 Å². The highest BCUT2D eigenvalue weighted by molar-refractivity contribution is 7.71. The topological polar surface area (TPSA) is 82.7 Å². The van der Waals surface area contributed by atoms with Crippen molar-refractivity contribution in [3.8, 4) is 11.5 Å². The summed E-state index contributed by atoms with van der Waals surface area (Å²) in [5, 5.41) is 2.79. The quantitative estimate of drug-likeness (QED) is 0.530. The summed E-state index contributed by atoms with van der Waals surface area (Å²) < 4.78 is 18.0. The predicted octanol–water partition coefficient (Wildman–Crippen LogP) is 3.92. The molecule has 0 spiro atoms. The third-order valence-corrected chi connectivity index (χ3v) is 4.59. The number of aromatic nitrogens is 1. The van der Waals surface area contributed by atoms with Crippen molar-refractivity contribution in [1.29, 1.82) is 0 Å². The van der Waals surface area contributed by atoms with E-state index in [1.165, 1.54) is 6.92 Å². The summed E-state index contributed by atoms with van der Waals surface area (Å²) in [5.41, 5.74) is 2.38. The van der Waals surface area contributed by atoms with E-state index in [0.717, 1.165) is 5.52 Å². The molecule has 0 saturated heterocycles. The van der Waals surface area contributed by atoms with Gasteiger partial charge in [0.15, 0.2) is 22.9 Å². The summed E-state index contributed by atoms with van der Waals surface area (Å²) in [4.78, 5) is 24.5. The van der Waals surface area contributed by atoms with Gasteiger partial charge in [-0.2, -0.15) is 0 Å². The zero-order valence-corrected chi connectivity index (χ0v) is 15.3. The average Bonchev–Trinajstić information content (AvgIpc) is 3.23. The second-order valence-electron chi connectivity index (χ2n) is 6.10. The van der Waals surface area contributed by atoms with Crippen LogP contribution >= 0.6 is 12.2 Å². The number of Topliss-reactive ketones (excluding diaryl/α,β-unsaturated/α-hetero) is 1. The number of carbonyl (C=O) groups excluding carboxylic acids is 2. The number of para-hydroxylation sites is 2. The first kappa shape index (κ1) is 17.3. The number of carbonyl (C=O) groups is 2. The molecule has 0 radical (unpaired) electrons. The standard InChI is InChI=1S/C19H16N2O5S/c1-11(22)12-8-13(18-16(9-12)24-10-25-18)20-17(23)6-7-21-14-4-2-3-5-15(14)26-19(21)27/h2-5,8-9H,6-7,10H2,1H3,(H,20,23). The lowest BCUT2D eigenvalue weighted by Gasteiger charge is -2.10. The van der Waals surface area contributed by atoms with Crippen LogP contribution in [0.1, 0.15) is 23.7 Å². The molecule has 1 aliphatic rings. The monoisotopic (exact) mass is 384 g/mol. The van der Waals surface area contributed by atoms with Crippen molar-refractivity contribution in [2.45, 2.75) is 19.9 Å². The zero-order chi connectivity index (χ0) is 19.0. The lowest BCUT2D eigenvalue weighted by molar-refractivity contribution is -0.116. The van der Waals surface area contributed by atoms with Crippen molar-refractivity contribution < 1.29 is 23.5 Å². The minimum atomic E-state index is -0.236. The summed E-state index contributed by atoms with van der Waals surface area (Å²) in [6, 6.07) is 10.7. The fourth-order valence-electron chi connectivity index (χ4n) is 2.96. The molecule has 0 bridgehead atoms. The number of amides is 1. The van der Waals surface area contributed by atoms with Crippen LogP contribution in [0.5, 0.6) is 11.5 Å². The molecule has 0 aliphatic carbocycles. The Hall–Kier alpha value is -3.13. The van der Waals surface area contributed by atoms with E-state index in [0.29, 0.717) is 39.7 Å². The average molecular weight is 384 g/mol. The molecule has 1 aliphatic heterocycles. The predicted molar refractivity (Wildman–Crippen MR) is 101 cm³/mol. The second kappa shape index (κ2) is 6.88. The molecule has 2 aromatic carbocycles. The molecule has 0 atom stereocenters. The van der Waals surface area contributed by atoms with Gasteiger partial charge in [-0.05, 0) is 43.4 Å². The Morgan fingerprint density at radius 3 is 2.85 bits per heavy atom. The van der Waals surface area contributed by atoms with E-state index >= 15 is 0 Å². The first-order valence-corrected chi connectivity index (χ1v) is 8.76. The van der Waals surface area contributed by atoms with Crippen LogP contribution < -0.4 is 14.8 Å². The fraction of sp³-hybridized carbons (Fsp3) is 0.211. The van der Waals surface area contributed by atoms with Crippen molar-refractivity contribution in [1.82, 2.24) is 4.57 Å². The number of anilines is 1. The van der Waals surface area contributed by atoms with Crippen LogP contribution in [0.4, 0.5) is 5.69 Å². The molecule has 27 heavy (non-hydrogen) atoms. The van der Waals surface area contributed by atoms with E-state index in [-0.39, 0.29) is 24.9 Å². The highest BCUT2D eigenvalue weighted by Gasteiger charge is 2.22. The summed E-state index contributed by atoms with van der Waals surface area (Å²) in [6.45, 7) is 1.87. The smallest absolute Gasteiger partial charge is 0.269 e. The number of rotatable bonds is 5. The Morgan fingerprint density at radius 2 is 2.04 bits per heavy atom. The van der Waals surface area contributed by atoms with Gasteiger partial charge in [-0.25, -0.2) is 0 Å². The SMILES string of the molecule is CC(=O)c1cc(NC(=O)CCn2c(=S)oc3ccccc32)c2c(c1)OCO2. The first-order valence-electron chi connectivity index (χ1n) is 8.36. The minimum Gasteiger partial charge on any atom is -0.453 e. The van der Waals surface area contributed by atoms with Gasteiger partial charge in [0, 0.05) is 18.5 Å². The Morgan fingerprint density at radius 1 is 1.22 bits per heavy atom. The number of nitrogens with zero attached hydrogens (tertiary/aromatic N) is 1. The molecule has 7 nitrogen and oxygen atoms in total. The van der Waals surface area contributed by atoms with Gasteiger partial charge in [-0.3, -0.25) is 14.2 Å². The van der Waals surface area contributed by atoms with E-state index < -0.39 is 0 Å². The van der Waals surface area contributed by atoms with Crippen LogP contribution in [0.15, 0.2) is 40.8 Å². The van der Waals surface area contributed by atoms with E-state index in [9.17, 15) is 9.59 Å². The van der Waals surface area contributed by atoms with E-state index in [2.05, 4.69) is 5.32 Å². The van der Waals surface area contributed by atoms with Gasteiger partial charge < -0.3 is 19.2 Å². The van der Waals surface area contributed by atoms with Crippen molar-refractivity contribution in [3.63, 3.8) is 0 Å². The van der Waals surface area contributed by atoms with Crippen LogP contribution in [0.3, 0.4) is 0 Å². The maximum absolute atomic E-state index is 12.5. The molecule has 138 valence electrons. The lowest BCUT2D eigenvalue weighted by Crippen LogP contribution is -2.15. The maximum atomic E-state index is 12.5. The van der Waals surface area contributed by atoms with Gasteiger partial charge >= 0.3 is 0 Å². The number of ether oxygens (including phenoxy) is 2. The molecule has 1 aromatic heterocycles. The molecule has 0 saturated carbocycles. The zero-order valence-electron chi connectivity index (χ0n) is 14.5. The third-order valence-electron chi connectivity index (χ3n) is 4.29. The van der Waals surface area contributed by atoms with Crippen LogP contribution in [0.25, 0.3) is 11.1 Å². The number of ketones is 1. The number of nitrogens with one attached hydrogen (secondary N) is 1. The Labute approximate surface area is 159 Å². The van der Waals surface area contributed by atoms with Gasteiger partial charge in [-0.15, -0.1) is 0 Å². The largest absolute Gasteiger partial charge is 0.453 e.